The first kappa shape index (κ1) is 24.3. The van der Waals surface area contributed by atoms with Crippen LogP contribution in [0.25, 0.3) is 16.5 Å². The maximum atomic E-state index is 13.3. The third-order valence-electron chi connectivity index (χ3n) is 5.94. The summed E-state index contributed by atoms with van der Waals surface area (Å²) in [6.07, 6.45) is 5.22. The van der Waals surface area contributed by atoms with Gasteiger partial charge in [-0.05, 0) is 30.9 Å². The number of rotatable bonds is 6. The highest BCUT2D eigenvalue weighted by molar-refractivity contribution is 6.45. The molecule has 0 unspecified atom stereocenters. The topological polar surface area (TPSA) is 150 Å². The second-order valence-electron chi connectivity index (χ2n) is 8.20. The summed E-state index contributed by atoms with van der Waals surface area (Å²) in [6, 6.07) is 11.8. The van der Waals surface area contributed by atoms with Crippen LogP contribution >= 0.6 is 0 Å². The lowest BCUT2D eigenvalue weighted by atomic mass is 9.93. The molecule has 10 nitrogen and oxygen atoms in total. The van der Waals surface area contributed by atoms with Crippen LogP contribution in [0.2, 0.25) is 0 Å². The lowest BCUT2D eigenvalue weighted by Crippen LogP contribution is -2.40. The van der Waals surface area contributed by atoms with E-state index in [1.54, 1.807) is 6.92 Å². The number of aliphatic imine (C=N–C) groups is 2. The zero-order valence-corrected chi connectivity index (χ0v) is 20.0. The van der Waals surface area contributed by atoms with Crippen molar-refractivity contribution in [3.8, 4) is 11.8 Å². The first-order chi connectivity index (χ1) is 17.4. The normalized spacial score (nSPS) is 14.2. The van der Waals surface area contributed by atoms with Gasteiger partial charge in [-0.3, -0.25) is 9.59 Å². The van der Waals surface area contributed by atoms with Gasteiger partial charge in [0.2, 0.25) is 0 Å². The van der Waals surface area contributed by atoms with Crippen LogP contribution in [-0.2, 0) is 4.79 Å². The molecule has 3 N–H and O–H groups in total. The molecule has 0 radical (unpaired) electrons. The summed E-state index contributed by atoms with van der Waals surface area (Å²) in [7, 11) is 1.46. The van der Waals surface area contributed by atoms with Gasteiger partial charge < -0.3 is 20.4 Å². The fraction of sp³-hybridized carbons (Fsp3) is 0.231. The molecule has 1 aliphatic rings. The van der Waals surface area contributed by atoms with E-state index in [9.17, 15) is 14.9 Å². The zero-order chi connectivity index (χ0) is 25.7. The van der Waals surface area contributed by atoms with E-state index in [0.29, 0.717) is 54.0 Å². The Morgan fingerprint density at radius 3 is 2.61 bits per heavy atom. The van der Waals surface area contributed by atoms with Crippen molar-refractivity contribution in [1.29, 1.82) is 5.26 Å². The number of methoxy groups -OCH3 is 1. The molecule has 2 aromatic heterocycles. The van der Waals surface area contributed by atoms with Gasteiger partial charge in [-0.15, -0.1) is 0 Å². The van der Waals surface area contributed by atoms with E-state index in [2.05, 4.69) is 26.0 Å². The number of fused-ring (bicyclic) bond motifs is 1. The summed E-state index contributed by atoms with van der Waals surface area (Å²) < 4.78 is 5.40. The molecule has 3 heterocycles. The fourth-order valence-corrected chi connectivity index (χ4v) is 4.15. The summed E-state index contributed by atoms with van der Waals surface area (Å²) in [5.74, 6) is -0.320. The van der Waals surface area contributed by atoms with Crippen molar-refractivity contribution in [3.63, 3.8) is 0 Å². The average Bonchev–Trinajstić information content (AvgIpc) is 3.35. The van der Waals surface area contributed by atoms with Crippen molar-refractivity contribution in [3.05, 3.63) is 59.4 Å². The summed E-state index contributed by atoms with van der Waals surface area (Å²) in [6.45, 7) is 2.33. The number of nitrogens with one attached hydrogen (secondary N) is 1. The lowest BCUT2D eigenvalue weighted by Gasteiger charge is -2.28. The minimum Gasteiger partial charge on any atom is -0.494 e. The van der Waals surface area contributed by atoms with Crippen LogP contribution in [0, 0.1) is 11.3 Å². The van der Waals surface area contributed by atoms with Gasteiger partial charge in [-0.2, -0.15) is 5.26 Å². The highest BCUT2D eigenvalue weighted by Gasteiger charge is 2.30. The van der Waals surface area contributed by atoms with E-state index in [-0.39, 0.29) is 11.4 Å². The third-order valence-corrected chi connectivity index (χ3v) is 5.94. The number of nitriles is 1. The maximum Gasteiger partial charge on any atom is 0.295 e. The molecule has 36 heavy (non-hydrogen) atoms. The number of Topliss-reactive ketones (excluding diaryl/α,β-unsaturated/α-hetero) is 1. The number of carbonyl (C=O) groups is 2. The molecule has 0 saturated carbocycles. The molecule has 0 spiro atoms. The van der Waals surface area contributed by atoms with E-state index < -0.39 is 11.7 Å². The lowest BCUT2D eigenvalue weighted by molar-refractivity contribution is -0.126. The third kappa shape index (κ3) is 4.86. The predicted octanol–water partition coefficient (Wildman–Crippen LogP) is 3.39. The number of H-pyrrole nitrogens is 1. The Morgan fingerprint density at radius 1 is 1.25 bits per heavy atom. The van der Waals surface area contributed by atoms with E-state index in [1.165, 1.54) is 30.7 Å². The first-order valence-corrected chi connectivity index (χ1v) is 11.3. The molecule has 1 aromatic carbocycles. The Hall–Kier alpha value is -4.78. The van der Waals surface area contributed by atoms with E-state index in [1.807, 2.05) is 30.3 Å². The molecular formula is C26H25N7O3. The smallest absolute Gasteiger partial charge is 0.295 e. The molecule has 0 bridgehead atoms. The highest BCUT2D eigenvalue weighted by atomic mass is 16.5. The van der Waals surface area contributed by atoms with Crippen molar-refractivity contribution >= 4 is 46.2 Å². The monoisotopic (exact) mass is 483 g/mol. The molecule has 0 aliphatic carbocycles. The van der Waals surface area contributed by atoms with E-state index in [4.69, 9.17) is 10.5 Å². The van der Waals surface area contributed by atoms with Gasteiger partial charge in [0.1, 0.15) is 12.1 Å². The molecule has 0 atom stereocenters. The maximum absolute atomic E-state index is 13.3. The summed E-state index contributed by atoms with van der Waals surface area (Å²) >= 11 is 0. The predicted molar refractivity (Wildman–Crippen MR) is 137 cm³/mol. The molecule has 1 aliphatic heterocycles. The number of carbonyl (C=O) groups excluding carboxylic acids is 2. The minimum absolute atomic E-state index is 0.174. The number of ketones is 1. The second-order valence-corrected chi connectivity index (χ2v) is 8.20. The number of piperidine rings is 1. The highest BCUT2D eigenvalue weighted by Crippen LogP contribution is 2.34. The number of amidine groups is 1. The van der Waals surface area contributed by atoms with Crippen molar-refractivity contribution in [2.45, 2.75) is 19.8 Å². The van der Waals surface area contributed by atoms with Crippen molar-refractivity contribution in [2.24, 2.45) is 15.7 Å². The van der Waals surface area contributed by atoms with Gasteiger partial charge in [-0.25, -0.2) is 15.0 Å². The molecule has 1 amide bonds. The largest absolute Gasteiger partial charge is 0.494 e. The summed E-state index contributed by atoms with van der Waals surface area (Å²) in [5, 5.41) is 10.1. The number of amides is 1. The molecule has 1 fully saturated rings. The summed E-state index contributed by atoms with van der Waals surface area (Å²) in [5.41, 5.74) is 8.62. The van der Waals surface area contributed by atoms with E-state index in [0.717, 1.165) is 11.1 Å². The Morgan fingerprint density at radius 2 is 1.97 bits per heavy atom. The number of allylic oxidation sites excluding steroid dienone is 1. The van der Waals surface area contributed by atoms with Crippen LogP contribution < -0.4 is 10.5 Å². The molecule has 1 saturated heterocycles. The van der Waals surface area contributed by atoms with Gasteiger partial charge in [-0.1, -0.05) is 30.3 Å². The minimum atomic E-state index is -0.660. The number of nitrogens with zero attached hydrogens (tertiary/aromatic N) is 5. The second kappa shape index (κ2) is 10.7. The average molecular weight is 484 g/mol. The molecule has 10 heteroatoms. The number of nitrogens with two attached hydrogens (primary N) is 1. The van der Waals surface area contributed by atoms with Crippen LogP contribution in [0.3, 0.4) is 0 Å². The van der Waals surface area contributed by atoms with Gasteiger partial charge in [0.05, 0.1) is 47.3 Å². The Bertz CT molecular complexity index is 1430. The standard InChI is InChI=1S/C26H25N7O3/c1-16(28)31-15-32-25-23-22(21(36-2)14-30-25)20(13-29-23)24(34)26(35)33-10-8-18(9-11-33)19(12-27)17-6-4-3-5-7-17/h3-7,13-15,29H,8-11H2,1-2H3,(H2,28,30,31,32). The number of hydrogen-bond acceptors (Lipinski definition) is 6. The summed E-state index contributed by atoms with van der Waals surface area (Å²) in [4.78, 5) is 43.3. The number of ether oxygens (including phenoxy) is 1. The first-order valence-electron chi connectivity index (χ1n) is 11.3. The zero-order valence-electron chi connectivity index (χ0n) is 20.0. The van der Waals surface area contributed by atoms with Crippen LogP contribution in [0.5, 0.6) is 5.75 Å². The van der Waals surface area contributed by atoms with Crippen molar-refractivity contribution < 1.29 is 14.3 Å². The Labute approximate surface area is 207 Å². The van der Waals surface area contributed by atoms with Gasteiger partial charge in [0, 0.05) is 19.3 Å². The van der Waals surface area contributed by atoms with Crippen LogP contribution in [0.1, 0.15) is 35.7 Å². The van der Waals surface area contributed by atoms with E-state index >= 15 is 0 Å². The van der Waals surface area contributed by atoms with Gasteiger partial charge in [0.25, 0.3) is 11.7 Å². The Balaban J connectivity index is 1.57. The van der Waals surface area contributed by atoms with Crippen molar-refractivity contribution in [2.75, 3.05) is 20.2 Å². The van der Waals surface area contributed by atoms with Crippen molar-refractivity contribution in [1.82, 2.24) is 14.9 Å². The number of pyridine rings is 1. The number of hydrogen-bond donors (Lipinski definition) is 2. The molecule has 3 aromatic rings. The van der Waals surface area contributed by atoms with Gasteiger partial charge >= 0.3 is 0 Å². The number of aromatic nitrogens is 2. The quantitative estimate of drug-likeness (QED) is 0.180. The molecule has 182 valence electrons. The Kier molecular flexibility index (Phi) is 7.20. The molecule has 4 rings (SSSR count). The SMILES string of the molecule is COc1cnc(N=CN=C(C)N)c2[nH]cc(C(=O)C(=O)N3CCC(=C(C#N)c4ccccc4)CC3)c12. The number of aromatic amines is 1. The number of likely N-dealkylation sites (tertiary alicyclic amines) is 1. The van der Waals surface area contributed by atoms with Gasteiger partial charge in [0.15, 0.2) is 5.82 Å². The van der Waals surface area contributed by atoms with Crippen LogP contribution in [0.4, 0.5) is 5.82 Å². The number of benzene rings is 1. The van der Waals surface area contributed by atoms with Crippen LogP contribution in [0.15, 0.2) is 58.3 Å². The fourth-order valence-electron chi connectivity index (χ4n) is 4.15. The molecular weight excluding hydrogens is 458 g/mol. The van der Waals surface area contributed by atoms with Crippen LogP contribution in [-0.4, -0.2) is 58.9 Å².